The molecule has 0 saturated heterocycles. The summed E-state index contributed by atoms with van der Waals surface area (Å²) < 4.78 is 20.7. The number of thiophene rings is 1. The van der Waals surface area contributed by atoms with Crippen LogP contribution >= 0.6 is 23.6 Å². The molecule has 0 aliphatic heterocycles. The van der Waals surface area contributed by atoms with Crippen LogP contribution in [0.15, 0.2) is 18.2 Å². The first-order valence-electron chi connectivity index (χ1n) is 9.13. The van der Waals surface area contributed by atoms with Crippen LogP contribution in [-0.2, 0) is 9.47 Å². The van der Waals surface area contributed by atoms with Crippen molar-refractivity contribution in [2.75, 3.05) is 38.1 Å². The Hall–Kier alpha value is -2.85. The van der Waals surface area contributed by atoms with Crippen LogP contribution in [0.5, 0.6) is 11.5 Å². The molecule has 0 saturated carbocycles. The van der Waals surface area contributed by atoms with Crippen molar-refractivity contribution in [3.05, 3.63) is 34.2 Å². The number of carbonyl (C=O) groups excluding carboxylic acids is 2. The first-order valence-corrected chi connectivity index (χ1v) is 10.4. The average Bonchev–Trinajstić information content (AvgIpc) is 3.03. The second-order valence-corrected chi connectivity index (χ2v) is 7.28. The fraction of sp³-hybridized carbons (Fsp3) is 0.350. The topological polar surface area (TPSA) is 95.1 Å². The molecule has 0 bridgehead atoms. The van der Waals surface area contributed by atoms with Crippen molar-refractivity contribution in [3.63, 3.8) is 0 Å². The van der Waals surface area contributed by atoms with Crippen LogP contribution in [0.4, 0.5) is 10.7 Å². The molecule has 0 spiro atoms. The molecule has 0 unspecified atom stereocenters. The van der Waals surface area contributed by atoms with Crippen molar-refractivity contribution in [1.29, 1.82) is 0 Å². The van der Waals surface area contributed by atoms with Gasteiger partial charge in [0.2, 0.25) is 0 Å². The number of nitrogens with one attached hydrogen (secondary N) is 2. The lowest BCUT2D eigenvalue weighted by molar-refractivity contribution is 0.0527. The van der Waals surface area contributed by atoms with Crippen molar-refractivity contribution in [2.45, 2.75) is 20.8 Å². The summed E-state index contributed by atoms with van der Waals surface area (Å²) >= 11 is 6.47. The minimum absolute atomic E-state index is 0.205. The lowest BCUT2D eigenvalue weighted by atomic mass is 10.1. The lowest BCUT2D eigenvalue weighted by Crippen LogP contribution is -2.20. The Morgan fingerprint density at radius 1 is 1.00 bits per heavy atom. The highest BCUT2D eigenvalue weighted by Gasteiger charge is 2.26. The molecule has 30 heavy (non-hydrogen) atoms. The number of methoxy groups -OCH3 is 2. The molecular formula is C20H24N2O6S2. The van der Waals surface area contributed by atoms with Gasteiger partial charge in [-0.15, -0.1) is 11.3 Å². The highest BCUT2D eigenvalue weighted by molar-refractivity contribution is 7.80. The quantitative estimate of drug-likeness (QED) is 0.450. The van der Waals surface area contributed by atoms with Crippen molar-refractivity contribution in [1.82, 2.24) is 0 Å². The van der Waals surface area contributed by atoms with E-state index < -0.39 is 11.9 Å². The molecule has 8 nitrogen and oxygen atoms in total. The molecular weight excluding hydrogens is 428 g/mol. The molecule has 0 aliphatic rings. The first kappa shape index (κ1) is 23.4. The second kappa shape index (κ2) is 10.8. The number of ether oxygens (including phenoxy) is 4. The van der Waals surface area contributed by atoms with Gasteiger partial charge >= 0.3 is 11.9 Å². The van der Waals surface area contributed by atoms with Crippen LogP contribution in [0.25, 0.3) is 0 Å². The molecule has 0 aliphatic carbocycles. The summed E-state index contributed by atoms with van der Waals surface area (Å²) in [6, 6.07) is 5.23. The van der Waals surface area contributed by atoms with Gasteiger partial charge in [0.25, 0.3) is 0 Å². The SMILES string of the molecule is CCOC(=O)c1sc(NC(=S)Nc2ccc(OC)c(OC)c2)c(C(=O)OCC)c1C. The van der Waals surface area contributed by atoms with Crippen LogP contribution < -0.4 is 20.1 Å². The zero-order chi connectivity index (χ0) is 22.3. The fourth-order valence-corrected chi connectivity index (χ4v) is 4.00. The van der Waals surface area contributed by atoms with Crippen molar-refractivity contribution >= 4 is 51.3 Å². The minimum atomic E-state index is -0.543. The Morgan fingerprint density at radius 3 is 2.23 bits per heavy atom. The largest absolute Gasteiger partial charge is 0.493 e. The van der Waals surface area contributed by atoms with E-state index in [0.29, 0.717) is 32.6 Å². The lowest BCUT2D eigenvalue weighted by Gasteiger charge is -2.13. The first-order chi connectivity index (χ1) is 14.4. The minimum Gasteiger partial charge on any atom is -0.493 e. The molecule has 0 fully saturated rings. The van der Waals surface area contributed by atoms with Gasteiger partial charge in [0.1, 0.15) is 9.88 Å². The van der Waals surface area contributed by atoms with Crippen molar-refractivity contribution < 1.29 is 28.5 Å². The maximum atomic E-state index is 12.5. The maximum Gasteiger partial charge on any atom is 0.348 e. The number of hydrogen-bond donors (Lipinski definition) is 2. The number of esters is 2. The molecule has 1 heterocycles. The number of anilines is 2. The summed E-state index contributed by atoms with van der Waals surface area (Å²) in [5, 5.41) is 6.62. The molecule has 2 rings (SSSR count). The van der Waals surface area contributed by atoms with E-state index in [9.17, 15) is 9.59 Å². The predicted molar refractivity (Wildman–Crippen MR) is 120 cm³/mol. The van der Waals surface area contributed by atoms with Gasteiger partial charge in [0.05, 0.1) is 33.0 Å². The summed E-state index contributed by atoms with van der Waals surface area (Å²) in [7, 11) is 3.09. The molecule has 1 aromatic heterocycles. The van der Waals surface area contributed by atoms with Gasteiger partial charge in [-0.25, -0.2) is 9.59 Å². The van der Waals surface area contributed by atoms with Crippen LogP contribution in [0.3, 0.4) is 0 Å². The van der Waals surface area contributed by atoms with Gasteiger partial charge in [-0.05, 0) is 50.7 Å². The highest BCUT2D eigenvalue weighted by atomic mass is 32.1. The van der Waals surface area contributed by atoms with Gasteiger partial charge in [-0.2, -0.15) is 0 Å². The zero-order valence-corrected chi connectivity index (χ0v) is 19.0. The summed E-state index contributed by atoms with van der Waals surface area (Å²) in [6.07, 6.45) is 0. The van der Waals surface area contributed by atoms with Crippen LogP contribution in [0.2, 0.25) is 0 Å². The average molecular weight is 453 g/mol. The molecule has 2 aromatic rings. The molecule has 10 heteroatoms. The predicted octanol–water partition coefficient (Wildman–Crippen LogP) is 4.24. The van der Waals surface area contributed by atoms with E-state index >= 15 is 0 Å². The Balaban J connectivity index is 2.29. The highest BCUT2D eigenvalue weighted by Crippen LogP contribution is 2.35. The van der Waals surface area contributed by atoms with Crippen LogP contribution in [0, 0.1) is 6.92 Å². The third-order valence-corrected chi connectivity index (χ3v) is 5.35. The Bertz CT molecular complexity index is 942. The van der Waals surface area contributed by atoms with Gasteiger partial charge < -0.3 is 29.6 Å². The van der Waals surface area contributed by atoms with Crippen molar-refractivity contribution in [3.8, 4) is 11.5 Å². The van der Waals surface area contributed by atoms with E-state index in [2.05, 4.69) is 10.6 Å². The molecule has 0 amide bonds. The number of carbonyl (C=O) groups is 2. The van der Waals surface area contributed by atoms with Gasteiger partial charge in [-0.1, -0.05) is 0 Å². The Labute approximate surface area is 184 Å². The molecule has 0 radical (unpaired) electrons. The summed E-state index contributed by atoms with van der Waals surface area (Å²) in [5.74, 6) is 0.0733. The monoisotopic (exact) mass is 452 g/mol. The number of rotatable bonds is 8. The standard InChI is InChI=1S/C20H24N2O6S2/c1-6-27-18(23)15-11(3)16(19(24)28-7-2)30-17(15)22-20(29)21-12-8-9-13(25-4)14(10-12)26-5/h8-10H,6-7H2,1-5H3,(H2,21,22,29). The second-order valence-electron chi connectivity index (χ2n) is 5.85. The Kier molecular flexibility index (Phi) is 8.43. The van der Waals surface area contributed by atoms with E-state index in [4.69, 9.17) is 31.2 Å². The third-order valence-electron chi connectivity index (χ3n) is 3.96. The van der Waals surface area contributed by atoms with Gasteiger partial charge in [0.15, 0.2) is 16.6 Å². The molecule has 1 aromatic carbocycles. The summed E-state index contributed by atoms with van der Waals surface area (Å²) in [6.45, 7) is 5.53. The van der Waals surface area contributed by atoms with Gasteiger partial charge in [0, 0.05) is 11.8 Å². The summed E-state index contributed by atoms with van der Waals surface area (Å²) in [4.78, 5) is 25.0. The normalized spacial score (nSPS) is 10.2. The van der Waals surface area contributed by atoms with E-state index in [0.717, 1.165) is 11.3 Å². The van der Waals surface area contributed by atoms with E-state index in [1.807, 2.05) is 0 Å². The van der Waals surface area contributed by atoms with Gasteiger partial charge in [-0.3, -0.25) is 0 Å². The fourth-order valence-electron chi connectivity index (χ4n) is 2.62. The maximum absolute atomic E-state index is 12.5. The number of thiocarbonyl (C=S) groups is 1. The summed E-state index contributed by atoms with van der Waals surface area (Å²) in [5.41, 5.74) is 1.39. The smallest absolute Gasteiger partial charge is 0.348 e. The molecule has 0 atom stereocenters. The zero-order valence-electron chi connectivity index (χ0n) is 17.4. The molecule has 162 valence electrons. The van der Waals surface area contributed by atoms with E-state index in [-0.39, 0.29) is 23.9 Å². The third kappa shape index (κ3) is 5.39. The Morgan fingerprint density at radius 2 is 1.63 bits per heavy atom. The number of hydrogen-bond acceptors (Lipinski definition) is 8. The van der Waals surface area contributed by atoms with E-state index in [1.54, 1.807) is 46.1 Å². The molecule has 2 N–H and O–H groups in total. The van der Waals surface area contributed by atoms with E-state index in [1.165, 1.54) is 7.11 Å². The number of benzene rings is 1. The van der Waals surface area contributed by atoms with Crippen LogP contribution in [-0.4, -0.2) is 44.5 Å². The van der Waals surface area contributed by atoms with Crippen LogP contribution in [0.1, 0.15) is 39.4 Å². The van der Waals surface area contributed by atoms with Crippen molar-refractivity contribution in [2.24, 2.45) is 0 Å².